The minimum atomic E-state index is -1.11. The summed E-state index contributed by atoms with van der Waals surface area (Å²) < 4.78 is 4.74. The van der Waals surface area contributed by atoms with Crippen LogP contribution in [0.25, 0.3) is 0 Å². The molecule has 1 rings (SSSR count). The van der Waals surface area contributed by atoms with Crippen molar-refractivity contribution in [3.8, 4) is 0 Å². The third-order valence-corrected chi connectivity index (χ3v) is 1.91. The predicted octanol–water partition coefficient (Wildman–Crippen LogP) is -1.07. The molecule has 0 saturated carbocycles. The quantitative estimate of drug-likeness (QED) is 0.532. The van der Waals surface area contributed by atoms with Crippen molar-refractivity contribution >= 4 is 12.4 Å². The normalized spacial score (nSPS) is 20.1. The van der Waals surface area contributed by atoms with Crippen LogP contribution in [0.15, 0.2) is 0 Å². The molecule has 5 nitrogen and oxygen atoms in total. The Hall–Kier alpha value is -1.10. The van der Waals surface area contributed by atoms with Crippen LogP contribution in [0.5, 0.6) is 0 Å². The molecule has 1 N–H and O–H groups in total. The molecule has 0 bridgehead atoms. The molecule has 5 heteroatoms. The number of likely N-dealkylation sites (N-methyl/N-ethyl adjacent to an activating group) is 1. The Kier molecular flexibility index (Phi) is 1.82. The van der Waals surface area contributed by atoms with Gasteiger partial charge in [0.15, 0.2) is 5.54 Å². The first-order valence-corrected chi connectivity index (χ1v) is 3.13. The maximum Gasteiger partial charge on any atom is 0.334 e. The second-order valence-corrected chi connectivity index (χ2v) is 2.55. The van der Waals surface area contributed by atoms with E-state index in [0.29, 0.717) is 6.41 Å². The van der Waals surface area contributed by atoms with Crippen molar-refractivity contribution in [2.24, 2.45) is 0 Å². The van der Waals surface area contributed by atoms with Crippen LogP contribution in [-0.2, 0) is 14.3 Å². The molecule has 1 heterocycles. The highest BCUT2D eigenvalue weighted by Crippen LogP contribution is 2.22. The van der Waals surface area contributed by atoms with Crippen LogP contribution in [0.1, 0.15) is 0 Å². The minimum absolute atomic E-state index is 0.0809. The first-order valence-electron chi connectivity index (χ1n) is 3.13. The van der Waals surface area contributed by atoms with Crippen LogP contribution in [-0.4, -0.2) is 48.2 Å². The van der Waals surface area contributed by atoms with E-state index in [-0.39, 0.29) is 13.2 Å². The van der Waals surface area contributed by atoms with Gasteiger partial charge in [0.2, 0.25) is 6.41 Å². The number of rotatable bonds is 3. The van der Waals surface area contributed by atoms with Crippen LogP contribution in [0.4, 0.5) is 0 Å². The summed E-state index contributed by atoms with van der Waals surface area (Å²) in [4.78, 5) is 22.0. The van der Waals surface area contributed by atoms with Crippen molar-refractivity contribution in [1.82, 2.24) is 4.90 Å². The van der Waals surface area contributed by atoms with Crippen molar-refractivity contribution in [3.63, 3.8) is 0 Å². The first-order chi connectivity index (χ1) is 5.13. The Balaban J connectivity index is 2.75. The lowest BCUT2D eigenvalue weighted by molar-refractivity contribution is -0.184. The fourth-order valence-corrected chi connectivity index (χ4v) is 0.874. The molecule has 62 valence electrons. The highest BCUT2D eigenvalue weighted by molar-refractivity contribution is 5.82. The lowest BCUT2D eigenvalue weighted by Crippen LogP contribution is -2.65. The molecular weight excluding hydrogens is 150 g/mol. The molecule has 0 aliphatic carbocycles. The van der Waals surface area contributed by atoms with Gasteiger partial charge in [-0.3, -0.25) is 4.79 Å². The topological polar surface area (TPSA) is 66.8 Å². The molecule has 1 amide bonds. The second-order valence-electron chi connectivity index (χ2n) is 2.55. The predicted molar refractivity (Wildman–Crippen MR) is 35.0 cm³/mol. The lowest BCUT2D eigenvalue weighted by atomic mass is 9.96. The van der Waals surface area contributed by atoms with Gasteiger partial charge < -0.3 is 14.7 Å². The zero-order chi connectivity index (χ0) is 8.48. The van der Waals surface area contributed by atoms with Crippen molar-refractivity contribution < 1.29 is 19.4 Å². The molecule has 0 aromatic rings. The molecule has 0 radical (unpaired) electrons. The Morgan fingerprint density at radius 3 is 2.36 bits per heavy atom. The van der Waals surface area contributed by atoms with Gasteiger partial charge in [-0.25, -0.2) is 4.79 Å². The van der Waals surface area contributed by atoms with E-state index in [9.17, 15) is 9.59 Å². The van der Waals surface area contributed by atoms with Crippen molar-refractivity contribution in [1.29, 1.82) is 0 Å². The van der Waals surface area contributed by atoms with E-state index >= 15 is 0 Å². The van der Waals surface area contributed by atoms with Crippen LogP contribution in [0.3, 0.4) is 0 Å². The highest BCUT2D eigenvalue weighted by atomic mass is 16.5. The Morgan fingerprint density at radius 2 is 2.27 bits per heavy atom. The monoisotopic (exact) mass is 159 g/mol. The fourth-order valence-electron chi connectivity index (χ4n) is 0.874. The van der Waals surface area contributed by atoms with Crippen LogP contribution in [0.2, 0.25) is 0 Å². The Morgan fingerprint density at radius 1 is 1.73 bits per heavy atom. The van der Waals surface area contributed by atoms with Gasteiger partial charge in [-0.2, -0.15) is 0 Å². The summed E-state index contributed by atoms with van der Waals surface area (Å²) in [6.07, 6.45) is 0.497. The van der Waals surface area contributed by atoms with E-state index < -0.39 is 11.5 Å². The number of ether oxygens (including phenoxy) is 1. The number of hydrogen-bond acceptors (Lipinski definition) is 3. The summed E-state index contributed by atoms with van der Waals surface area (Å²) in [6, 6.07) is 0. The molecule has 0 aromatic carbocycles. The standard InChI is InChI=1S/C6H9NO4/c1-7(4-8)6(5(9)10)2-11-3-6/h4H,2-3H2,1H3,(H,9,10). The second kappa shape index (κ2) is 2.50. The summed E-state index contributed by atoms with van der Waals surface area (Å²) in [5.74, 6) is -1.02. The fraction of sp³-hybridized carbons (Fsp3) is 0.667. The summed E-state index contributed by atoms with van der Waals surface area (Å²) in [5.41, 5.74) is -1.11. The van der Waals surface area contributed by atoms with E-state index in [1.165, 1.54) is 7.05 Å². The van der Waals surface area contributed by atoms with E-state index in [4.69, 9.17) is 9.84 Å². The highest BCUT2D eigenvalue weighted by Gasteiger charge is 2.49. The molecule has 1 aliphatic rings. The number of aliphatic carboxylic acids is 1. The average molecular weight is 159 g/mol. The summed E-state index contributed by atoms with van der Waals surface area (Å²) in [5, 5.41) is 8.70. The molecule has 0 aromatic heterocycles. The average Bonchev–Trinajstić information content (AvgIpc) is 1.84. The molecular formula is C6H9NO4. The number of carbonyl (C=O) groups is 2. The summed E-state index contributed by atoms with van der Waals surface area (Å²) in [7, 11) is 1.43. The van der Waals surface area contributed by atoms with Crippen molar-refractivity contribution in [2.45, 2.75) is 5.54 Å². The zero-order valence-electron chi connectivity index (χ0n) is 6.11. The zero-order valence-corrected chi connectivity index (χ0v) is 6.11. The van der Waals surface area contributed by atoms with Crippen LogP contribution >= 0.6 is 0 Å². The van der Waals surface area contributed by atoms with Gasteiger partial charge in [-0.05, 0) is 0 Å². The van der Waals surface area contributed by atoms with E-state index in [1.807, 2.05) is 0 Å². The maximum atomic E-state index is 10.6. The molecule has 1 fully saturated rings. The van der Waals surface area contributed by atoms with E-state index in [1.54, 1.807) is 0 Å². The minimum Gasteiger partial charge on any atom is -0.479 e. The molecule has 1 aliphatic heterocycles. The number of hydrogen-bond donors (Lipinski definition) is 1. The largest absolute Gasteiger partial charge is 0.479 e. The Labute approximate surface area is 63.5 Å². The van der Waals surface area contributed by atoms with Crippen LogP contribution in [0, 0.1) is 0 Å². The summed E-state index contributed by atoms with van der Waals surface area (Å²) in [6.45, 7) is 0.162. The maximum absolute atomic E-state index is 10.6. The third-order valence-electron chi connectivity index (χ3n) is 1.91. The van der Waals surface area contributed by atoms with Gasteiger partial charge in [-0.15, -0.1) is 0 Å². The molecule has 1 saturated heterocycles. The number of carboxylic acids is 1. The first kappa shape index (κ1) is 8.00. The number of carbonyl (C=O) groups excluding carboxylic acids is 1. The number of carboxylic acid groups (broad SMARTS) is 1. The van der Waals surface area contributed by atoms with E-state index in [2.05, 4.69) is 0 Å². The van der Waals surface area contributed by atoms with Gasteiger partial charge in [0.25, 0.3) is 0 Å². The third kappa shape index (κ3) is 0.970. The smallest absolute Gasteiger partial charge is 0.334 e. The van der Waals surface area contributed by atoms with Gasteiger partial charge in [0.05, 0.1) is 13.2 Å². The lowest BCUT2D eigenvalue weighted by Gasteiger charge is -2.42. The van der Waals surface area contributed by atoms with Gasteiger partial charge in [0.1, 0.15) is 0 Å². The van der Waals surface area contributed by atoms with Gasteiger partial charge in [0, 0.05) is 7.05 Å². The molecule has 11 heavy (non-hydrogen) atoms. The van der Waals surface area contributed by atoms with Gasteiger partial charge in [-0.1, -0.05) is 0 Å². The molecule has 0 atom stereocenters. The van der Waals surface area contributed by atoms with E-state index in [0.717, 1.165) is 4.90 Å². The number of amides is 1. The number of nitrogens with zero attached hydrogens (tertiary/aromatic N) is 1. The summed E-state index contributed by atoms with van der Waals surface area (Å²) >= 11 is 0. The Bertz CT molecular complexity index is 187. The van der Waals surface area contributed by atoms with Gasteiger partial charge >= 0.3 is 5.97 Å². The molecule has 0 unspecified atom stereocenters. The van der Waals surface area contributed by atoms with Crippen LogP contribution < -0.4 is 0 Å². The molecule has 0 spiro atoms. The SMILES string of the molecule is CN(C=O)C1(C(=O)O)COC1. The van der Waals surface area contributed by atoms with Crippen molar-refractivity contribution in [3.05, 3.63) is 0 Å². The van der Waals surface area contributed by atoms with Crippen molar-refractivity contribution in [2.75, 3.05) is 20.3 Å².